The first kappa shape index (κ1) is 21.0. The van der Waals surface area contributed by atoms with Crippen LogP contribution in [0.25, 0.3) is 0 Å². The number of halogens is 1. The predicted octanol–water partition coefficient (Wildman–Crippen LogP) is 1.44. The molecule has 8 heteroatoms. The third kappa shape index (κ3) is 6.42. The summed E-state index contributed by atoms with van der Waals surface area (Å²) >= 11 is 0. The third-order valence-corrected chi connectivity index (χ3v) is 5.43. The van der Waals surface area contributed by atoms with Gasteiger partial charge in [0.2, 0.25) is 15.9 Å². The fourth-order valence-electron chi connectivity index (χ4n) is 2.55. The largest absolute Gasteiger partial charge is 0.355 e. The van der Waals surface area contributed by atoms with Gasteiger partial charge in [-0.25, -0.2) is 12.8 Å². The number of hydrogen-bond acceptors (Lipinski definition) is 4. The molecule has 0 saturated heterocycles. The van der Waals surface area contributed by atoms with Crippen LogP contribution in [0, 0.1) is 5.82 Å². The average Bonchev–Trinajstić information content (AvgIpc) is 2.65. The van der Waals surface area contributed by atoms with Crippen molar-refractivity contribution in [2.75, 3.05) is 20.1 Å². The third-order valence-electron chi connectivity index (χ3n) is 3.93. The van der Waals surface area contributed by atoms with Crippen molar-refractivity contribution in [3.63, 3.8) is 0 Å². The van der Waals surface area contributed by atoms with E-state index in [9.17, 15) is 17.6 Å². The van der Waals surface area contributed by atoms with Crippen LogP contribution in [-0.2, 0) is 21.2 Å². The van der Waals surface area contributed by atoms with Gasteiger partial charge in [0.15, 0.2) is 0 Å². The molecule has 0 bridgehead atoms. The minimum atomic E-state index is -4.19. The Morgan fingerprint density at radius 1 is 1.04 bits per heavy atom. The number of rotatable bonds is 10. The number of sulfonamides is 1. The number of nitrogens with one attached hydrogen (secondary N) is 3. The Hall–Kier alpha value is -2.29. The van der Waals surface area contributed by atoms with Crippen LogP contribution in [0.3, 0.4) is 0 Å². The SMILES string of the molecule is CNCCCNC(=O)C(Cc1ccccc1)NS(=O)(=O)c1ccccc1F. The van der Waals surface area contributed by atoms with Crippen molar-refractivity contribution in [2.24, 2.45) is 0 Å². The molecule has 0 saturated carbocycles. The van der Waals surface area contributed by atoms with Crippen molar-refractivity contribution in [1.82, 2.24) is 15.4 Å². The van der Waals surface area contributed by atoms with Gasteiger partial charge in [-0.3, -0.25) is 4.79 Å². The quantitative estimate of drug-likeness (QED) is 0.533. The van der Waals surface area contributed by atoms with Gasteiger partial charge in [0, 0.05) is 6.54 Å². The molecule has 2 aromatic carbocycles. The number of hydrogen-bond donors (Lipinski definition) is 3. The van der Waals surface area contributed by atoms with E-state index in [2.05, 4.69) is 15.4 Å². The van der Waals surface area contributed by atoms with Gasteiger partial charge in [-0.05, 0) is 44.1 Å². The van der Waals surface area contributed by atoms with Crippen LogP contribution in [0.2, 0.25) is 0 Å². The van der Waals surface area contributed by atoms with Crippen LogP contribution in [-0.4, -0.2) is 40.5 Å². The van der Waals surface area contributed by atoms with Gasteiger partial charge in [-0.1, -0.05) is 42.5 Å². The van der Waals surface area contributed by atoms with E-state index in [-0.39, 0.29) is 6.42 Å². The van der Waals surface area contributed by atoms with Gasteiger partial charge in [0.25, 0.3) is 0 Å². The molecule has 6 nitrogen and oxygen atoms in total. The number of carbonyl (C=O) groups is 1. The minimum absolute atomic E-state index is 0.159. The summed E-state index contributed by atoms with van der Waals surface area (Å²) in [4.78, 5) is 12.1. The molecule has 0 aliphatic rings. The van der Waals surface area contributed by atoms with Gasteiger partial charge >= 0.3 is 0 Å². The molecule has 0 aliphatic heterocycles. The summed E-state index contributed by atoms with van der Waals surface area (Å²) < 4.78 is 41.5. The summed E-state index contributed by atoms with van der Waals surface area (Å²) in [5.74, 6) is -1.31. The Morgan fingerprint density at radius 2 is 1.70 bits per heavy atom. The molecule has 0 radical (unpaired) electrons. The van der Waals surface area contributed by atoms with Crippen molar-refractivity contribution in [3.8, 4) is 0 Å². The van der Waals surface area contributed by atoms with Crippen LogP contribution in [0.1, 0.15) is 12.0 Å². The van der Waals surface area contributed by atoms with Crippen molar-refractivity contribution in [2.45, 2.75) is 23.8 Å². The highest BCUT2D eigenvalue weighted by Gasteiger charge is 2.27. The highest BCUT2D eigenvalue weighted by Crippen LogP contribution is 2.15. The molecule has 0 heterocycles. The maximum Gasteiger partial charge on any atom is 0.244 e. The van der Waals surface area contributed by atoms with Crippen LogP contribution in [0.4, 0.5) is 4.39 Å². The lowest BCUT2D eigenvalue weighted by atomic mass is 10.1. The van der Waals surface area contributed by atoms with Gasteiger partial charge in [-0.15, -0.1) is 0 Å². The summed E-state index contributed by atoms with van der Waals surface area (Å²) in [6.07, 6.45) is 0.868. The van der Waals surface area contributed by atoms with E-state index >= 15 is 0 Å². The maximum atomic E-state index is 13.9. The molecule has 0 spiro atoms. The van der Waals surface area contributed by atoms with Crippen molar-refractivity contribution in [3.05, 3.63) is 66.0 Å². The van der Waals surface area contributed by atoms with E-state index in [1.54, 1.807) is 12.1 Å². The van der Waals surface area contributed by atoms with E-state index in [1.165, 1.54) is 18.2 Å². The molecular formula is C19H24FN3O3S. The molecule has 2 aromatic rings. The van der Waals surface area contributed by atoms with Gasteiger partial charge in [-0.2, -0.15) is 4.72 Å². The number of amides is 1. The molecule has 1 atom stereocenters. The molecule has 0 aliphatic carbocycles. The second kappa shape index (κ2) is 10.1. The Balaban J connectivity index is 2.18. The highest BCUT2D eigenvalue weighted by atomic mass is 32.2. The molecule has 1 amide bonds. The second-order valence-electron chi connectivity index (χ2n) is 6.04. The van der Waals surface area contributed by atoms with Crippen LogP contribution >= 0.6 is 0 Å². The van der Waals surface area contributed by atoms with E-state index in [4.69, 9.17) is 0 Å². The average molecular weight is 393 g/mol. The first-order valence-corrected chi connectivity index (χ1v) is 10.2. The first-order chi connectivity index (χ1) is 12.9. The summed E-state index contributed by atoms with van der Waals surface area (Å²) in [5.41, 5.74) is 0.795. The van der Waals surface area contributed by atoms with Gasteiger partial charge in [0.05, 0.1) is 0 Å². The second-order valence-corrected chi connectivity index (χ2v) is 7.72. The zero-order chi connectivity index (χ0) is 19.7. The lowest BCUT2D eigenvalue weighted by Crippen LogP contribution is -2.48. The van der Waals surface area contributed by atoms with E-state index in [0.717, 1.165) is 18.2 Å². The van der Waals surface area contributed by atoms with Crippen molar-refractivity contribution < 1.29 is 17.6 Å². The molecule has 2 rings (SSSR count). The van der Waals surface area contributed by atoms with E-state index < -0.39 is 32.7 Å². The predicted molar refractivity (Wildman–Crippen MR) is 102 cm³/mol. The summed E-state index contributed by atoms with van der Waals surface area (Å²) in [7, 11) is -2.38. The summed E-state index contributed by atoms with van der Waals surface area (Å²) in [5, 5.41) is 5.70. The Labute approximate surface area is 159 Å². The van der Waals surface area contributed by atoms with Gasteiger partial charge < -0.3 is 10.6 Å². The van der Waals surface area contributed by atoms with Gasteiger partial charge in [0.1, 0.15) is 16.8 Å². The van der Waals surface area contributed by atoms with E-state index in [1.807, 2.05) is 25.2 Å². The normalized spacial score (nSPS) is 12.5. The zero-order valence-electron chi connectivity index (χ0n) is 15.1. The van der Waals surface area contributed by atoms with Crippen molar-refractivity contribution >= 4 is 15.9 Å². The summed E-state index contributed by atoms with van der Waals surface area (Å²) in [6.45, 7) is 1.14. The van der Waals surface area contributed by atoms with Crippen molar-refractivity contribution in [1.29, 1.82) is 0 Å². The number of carbonyl (C=O) groups excluding carboxylic acids is 1. The Bertz CT molecular complexity index is 844. The molecule has 3 N–H and O–H groups in total. The molecule has 0 fully saturated rings. The minimum Gasteiger partial charge on any atom is -0.355 e. The smallest absolute Gasteiger partial charge is 0.244 e. The zero-order valence-corrected chi connectivity index (χ0v) is 15.9. The first-order valence-electron chi connectivity index (χ1n) is 8.67. The fourth-order valence-corrected chi connectivity index (χ4v) is 3.83. The molecule has 0 aromatic heterocycles. The maximum absolute atomic E-state index is 13.9. The van der Waals surface area contributed by atoms with E-state index in [0.29, 0.717) is 13.0 Å². The standard InChI is InChI=1S/C19H24FN3O3S/c1-21-12-7-13-22-19(24)17(14-15-8-3-2-4-9-15)23-27(25,26)18-11-6-5-10-16(18)20/h2-6,8-11,17,21,23H,7,12-14H2,1H3,(H,22,24). The molecular weight excluding hydrogens is 369 g/mol. The molecule has 1 unspecified atom stereocenters. The highest BCUT2D eigenvalue weighted by molar-refractivity contribution is 7.89. The lowest BCUT2D eigenvalue weighted by molar-refractivity contribution is -0.122. The molecule has 27 heavy (non-hydrogen) atoms. The molecule has 146 valence electrons. The van der Waals surface area contributed by atoms with Crippen LogP contribution in [0.15, 0.2) is 59.5 Å². The number of benzene rings is 2. The fraction of sp³-hybridized carbons (Fsp3) is 0.316. The summed E-state index contributed by atoms with van der Waals surface area (Å²) in [6, 6.07) is 13.1. The van der Waals surface area contributed by atoms with Crippen LogP contribution < -0.4 is 15.4 Å². The Kier molecular flexibility index (Phi) is 7.90. The van der Waals surface area contributed by atoms with Crippen LogP contribution in [0.5, 0.6) is 0 Å². The Morgan fingerprint density at radius 3 is 2.37 bits per heavy atom. The lowest BCUT2D eigenvalue weighted by Gasteiger charge is -2.19. The topological polar surface area (TPSA) is 87.3 Å². The monoisotopic (exact) mass is 393 g/mol.